The van der Waals surface area contributed by atoms with Gasteiger partial charge in [0.15, 0.2) is 0 Å². The Morgan fingerprint density at radius 2 is 2.35 bits per heavy atom. The fourth-order valence-electron chi connectivity index (χ4n) is 1.47. The largest absolute Gasteiger partial charge is 0.378 e. The van der Waals surface area contributed by atoms with Crippen LogP contribution in [0.15, 0.2) is 17.1 Å². The average Bonchev–Trinajstić information content (AvgIpc) is 2.88. The molecular formula is C10H12N4O3. The van der Waals surface area contributed by atoms with Crippen LogP contribution in [-0.2, 0) is 18.4 Å². The number of carbonyl (C=O) groups excluding carboxylic acids is 1. The minimum absolute atomic E-state index is 0.0722. The molecule has 2 aromatic rings. The van der Waals surface area contributed by atoms with E-state index in [2.05, 4.69) is 15.3 Å². The van der Waals surface area contributed by atoms with Crippen molar-refractivity contribution in [1.82, 2.24) is 20.0 Å². The van der Waals surface area contributed by atoms with Gasteiger partial charge >= 0.3 is 0 Å². The third-order valence-corrected chi connectivity index (χ3v) is 2.35. The van der Waals surface area contributed by atoms with Crippen LogP contribution >= 0.6 is 0 Å². The van der Waals surface area contributed by atoms with Gasteiger partial charge in [-0.05, 0) is 6.07 Å². The molecule has 0 saturated carbocycles. The van der Waals surface area contributed by atoms with E-state index in [1.165, 1.54) is 10.9 Å². The lowest BCUT2D eigenvalue weighted by atomic mass is 10.1. The number of hydrogen-bond acceptors (Lipinski definition) is 4. The highest BCUT2D eigenvalue weighted by molar-refractivity contribution is 6.07. The molecule has 0 aliphatic heterocycles. The maximum absolute atomic E-state index is 11.9. The minimum atomic E-state index is -0.412. The highest BCUT2D eigenvalue weighted by atomic mass is 16.5. The van der Waals surface area contributed by atoms with Crippen LogP contribution in [0.2, 0.25) is 0 Å². The molecular weight excluding hydrogens is 224 g/mol. The Hall–Kier alpha value is -2.15. The fourth-order valence-corrected chi connectivity index (χ4v) is 1.47. The van der Waals surface area contributed by atoms with E-state index >= 15 is 0 Å². The van der Waals surface area contributed by atoms with Crippen LogP contribution < -0.4 is 5.56 Å². The van der Waals surface area contributed by atoms with Gasteiger partial charge < -0.3 is 9.84 Å². The normalized spacial score (nSPS) is 10.7. The molecule has 0 saturated heterocycles. The second-order valence-electron chi connectivity index (χ2n) is 3.59. The summed E-state index contributed by atoms with van der Waals surface area (Å²) < 4.78 is 6.13. The molecule has 0 unspecified atom stereocenters. The van der Waals surface area contributed by atoms with E-state index in [4.69, 9.17) is 4.74 Å². The van der Waals surface area contributed by atoms with Gasteiger partial charge in [0.1, 0.15) is 11.3 Å². The quantitative estimate of drug-likeness (QED) is 0.720. The van der Waals surface area contributed by atoms with E-state index in [1.54, 1.807) is 20.2 Å². The number of carbonyl (C=O) groups is 1. The van der Waals surface area contributed by atoms with Crippen molar-refractivity contribution in [2.75, 3.05) is 7.11 Å². The molecule has 0 amide bonds. The average molecular weight is 236 g/mol. The number of ether oxygens (including phenoxy) is 1. The predicted octanol–water partition coefficient (Wildman–Crippen LogP) is -0.186. The van der Waals surface area contributed by atoms with Gasteiger partial charge in [-0.3, -0.25) is 19.4 Å². The Morgan fingerprint density at radius 1 is 1.59 bits per heavy atom. The molecule has 0 aliphatic rings. The molecule has 0 spiro atoms. The summed E-state index contributed by atoms with van der Waals surface area (Å²) in [5.74, 6) is -0.412. The first-order valence-electron chi connectivity index (χ1n) is 4.96. The lowest BCUT2D eigenvalue weighted by Gasteiger charge is -1.90. The first-order chi connectivity index (χ1) is 8.13. The molecule has 0 bridgehead atoms. The maximum atomic E-state index is 11.9. The summed E-state index contributed by atoms with van der Waals surface area (Å²) >= 11 is 0. The zero-order valence-electron chi connectivity index (χ0n) is 9.48. The number of rotatable bonds is 4. The van der Waals surface area contributed by atoms with Crippen LogP contribution in [0.1, 0.15) is 21.7 Å². The van der Waals surface area contributed by atoms with Crippen LogP contribution in [0.5, 0.6) is 0 Å². The molecule has 0 aromatic carbocycles. The van der Waals surface area contributed by atoms with Crippen LogP contribution in [0.3, 0.4) is 0 Å². The number of methoxy groups -OCH3 is 1. The topological polar surface area (TPSA) is 92.8 Å². The summed E-state index contributed by atoms with van der Waals surface area (Å²) in [4.78, 5) is 23.5. The molecule has 0 fully saturated rings. The van der Waals surface area contributed by atoms with E-state index in [9.17, 15) is 9.59 Å². The number of nitrogens with zero attached hydrogens (tertiary/aromatic N) is 2. The molecule has 7 nitrogen and oxygen atoms in total. The Kier molecular flexibility index (Phi) is 2.92. The van der Waals surface area contributed by atoms with E-state index in [0.717, 1.165) is 0 Å². The predicted molar refractivity (Wildman–Crippen MR) is 58.8 cm³/mol. The summed E-state index contributed by atoms with van der Waals surface area (Å²) in [6, 6.07) is 1.57. The summed E-state index contributed by atoms with van der Waals surface area (Å²) in [5, 5.41) is 9.15. The Morgan fingerprint density at radius 3 is 2.94 bits per heavy atom. The molecule has 17 heavy (non-hydrogen) atoms. The highest BCUT2D eigenvalue weighted by Crippen LogP contribution is 2.05. The Balaban J connectivity index is 2.31. The van der Waals surface area contributed by atoms with Crippen molar-refractivity contribution in [2.45, 2.75) is 6.61 Å². The SMILES string of the molecule is COCc1cc(C(=O)c2c[nH]n(C)c2=O)n[nH]1. The lowest BCUT2D eigenvalue weighted by Crippen LogP contribution is -2.19. The zero-order valence-corrected chi connectivity index (χ0v) is 9.48. The molecule has 2 N–H and O–H groups in total. The van der Waals surface area contributed by atoms with Crippen molar-refractivity contribution in [1.29, 1.82) is 0 Å². The van der Waals surface area contributed by atoms with Gasteiger partial charge in [-0.25, -0.2) is 0 Å². The molecule has 0 aliphatic carbocycles. The third kappa shape index (κ3) is 2.04. The maximum Gasteiger partial charge on any atom is 0.277 e. The molecule has 0 atom stereocenters. The molecule has 2 aromatic heterocycles. The van der Waals surface area contributed by atoms with Gasteiger partial charge in [0.25, 0.3) is 5.56 Å². The number of ketones is 1. The van der Waals surface area contributed by atoms with Gasteiger partial charge in [0.2, 0.25) is 5.78 Å². The Labute approximate surface area is 96.4 Å². The van der Waals surface area contributed by atoms with Crippen molar-refractivity contribution in [3.63, 3.8) is 0 Å². The van der Waals surface area contributed by atoms with Crippen LogP contribution in [0.4, 0.5) is 0 Å². The fraction of sp³-hybridized carbons (Fsp3) is 0.300. The summed E-state index contributed by atoms with van der Waals surface area (Å²) in [6.45, 7) is 0.339. The zero-order chi connectivity index (χ0) is 12.4. The molecule has 90 valence electrons. The molecule has 7 heteroatoms. The lowest BCUT2D eigenvalue weighted by molar-refractivity contribution is 0.103. The standard InChI is InChI=1S/C10H12N4O3/c1-14-10(16)7(4-11-14)9(15)8-3-6(5-17-2)12-13-8/h3-4,11H,5H2,1-2H3,(H,12,13). The van der Waals surface area contributed by atoms with Gasteiger partial charge in [-0.2, -0.15) is 5.10 Å². The second-order valence-corrected chi connectivity index (χ2v) is 3.59. The number of aromatic nitrogens is 4. The smallest absolute Gasteiger partial charge is 0.277 e. The number of aryl methyl sites for hydroxylation is 1. The molecule has 0 radical (unpaired) electrons. The van der Waals surface area contributed by atoms with E-state index in [0.29, 0.717) is 12.3 Å². The first kappa shape index (κ1) is 11.3. The van der Waals surface area contributed by atoms with Crippen LogP contribution in [0.25, 0.3) is 0 Å². The summed E-state index contributed by atoms with van der Waals surface area (Å²) in [5.41, 5.74) is 0.589. The van der Waals surface area contributed by atoms with Crippen molar-refractivity contribution in [3.8, 4) is 0 Å². The van der Waals surface area contributed by atoms with E-state index in [1.807, 2.05) is 0 Å². The number of H-pyrrole nitrogens is 2. The first-order valence-corrected chi connectivity index (χ1v) is 4.96. The van der Waals surface area contributed by atoms with Gasteiger partial charge in [0.05, 0.1) is 12.3 Å². The second kappa shape index (κ2) is 4.38. The highest BCUT2D eigenvalue weighted by Gasteiger charge is 2.18. The number of hydrogen-bond donors (Lipinski definition) is 2. The van der Waals surface area contributed by atoms with Crippen LogP contribution in [0, 0.1) is 0 Å². The van der Waals surface area contributed by atoms with Gasteiger partial charge in [-0.15, -0.1) is 0 Å². The van der Waals surface area contributed by atoms with Crippen molar-refractivity contribution < 1.29 is 9.53 Å². The number of nitrogens with one attached hydrogen (secondary N) is 2. The van der Waals surface area contributed by atoms with E-state index in [-0.39, 0.29) is 16.8 Å². The van der Waals surface area contributed by atoms with Crippen molar-refractivity contribution in [3.05, 3.63) is 39.6 Å². The van der Waals surface area contributed by atoms with Gasteiger partial charge in [0, 0.05) is 20.4 Å². The summed E-state index contributed by atoms with van der Waals surface area (Å²) in [7, 11) is 3.09. The molecule has 2 heterocycles. The Bertz CT molecular complexity index is 593. The third-order valence-electron chi connectivity index (χ3n) is 2.35. The molecule has 2 rings (SSSR count). The number of aromatic amines is 2. The minimum Gasteiger partial charge on any atom is -0.378 e. The van der Waals surface area contributed by atoms with Crippen LogP contribution in [-0.4, -0.2) is 32.9 Å². The van der Waals surface area contributed by atoms with Crippen molar-refractivity contribution in [2.24, 2.45) is 7.05 Å². The monoisotopic (exact) mass is 236 g/mol. The van der Waals surface area contributed by atoms with E-state index < -0.39 is 5.78 Å². The summed E-state index contributed by atoms with van der Waals surface area (Å²) in [6.07, 6.45) is 1.37. The van der Waals surface area contributed by atoms with Gasteiger partial charge in [-0.1, -0.05) is 0 Å². The van der Waals surface area contributed by atoms with Crippen molar-refractivity contribution >= 4 is 5.78 Å².